The molecule has 1 heterocycles. The Kier molecular flexibility index (Phi) is 8.49. The van der Waals surface area contributed by atoms with E-state index in [4.69, 9.17) is 18.9 Å². The lowest BCUT2D eigenvalue weighted by molar-refractivity contribution is 0.297. The van der Waals surface area contributed by atoms with Gasteiger partial charge in [-0.05, 0) is 18.2 Å². The molecule has 0 fully saturated rings. The maximum atomic E-state index is 5.73. The average molecular weight is 499 g/mol. The van der Waals surface area contributed by atoms with Crippen LogP contribution in [0.1, 0.15) is 12.0 Å². The molecule has 2 aromatic rings. The number of benzene rings is 2. The maximum Gasteiger partial charge on any atom is 0.195 e. The summed E-state index contributed by atoms with van der Waals surface area (Å²) in [6.07, 6.45) is 0.878. The molecule has 3 rings (SSSR count). The molecular weight excluding hydrogens is 473 g/mol. The Hall–Kier alpha value is -2.36. The van der Waals surface area contributed by atoms with E-state index in [2.05, 4.69) is 15.6 Å². The Morgan fingerprint density at radius 3 is 2.57 bits per heavy atom. The molecule has 0 aliphatic carbocycles. The highest BCUT2D eigenvalue weighted by Crippen LogP contribution is 2.32. The number of anilines is 1. The summed E-state index contributed by atoms with van der Waals surface area (Å²) in [7, 11) is 4.98. The van der Waals surface area contributed by atoms with Crippen molar-refractivity contribution in [3.05, 3.63) is 42.0 Å². The number of para-hydroxylation sites is 1. The van der Waals surface area contributed by atoms with Crippen molar-refractivity contribution in [3.63, 3.8) is 0 Å². The summed E-state index contributed by atoms with van der Waals surface area (Å²) in [5.74, 6) is 3.54. The number of aliphatic imine (C=N–C) groups is 1. The van der Waals surface area contributed by atoms with E-state index in [9.17, 15) is 0 Å². The highest BCUT2D eigenvalue weighted by Gasteiger charge is 2.12. The molecule has 0 unspecified atom stereocenters. The van der Waals surface area contributed by atoms with Crippen LogP contribution in [0.2, 0.25) is 0 Å². The van der Waals surface area contributed by atoms with Gasteiger partial charge in [0.1, 0.15) is 0 Å². The van der Waals surface area contributed by atoms with Gasteiger partial charge in [-0.1, -0.05) is 12.1 Å². The van der Waals surface area contributed by atoms with Crippen molar-refractivity contribution in [2.45, 2.75) is 13.0 Å². The lowest BCUT2D eigenvalue weighted by Gasteiger charge is -2.16. The third-order valence-electron chi connectivity index (χ3n) is 4.16. The van der Waals surface area contributed by atoms with Crippen LogP contribution < -0.4 is 29.6 Å². The van der Waals surface area contributed by atoms with Crippen molar-refractivity contribution in [2.75, 3.05) is 39.8 Å². The lowest BCUT2D eigenvalue weighted by Crippen LogP contribution is -2.30. The van der Waals surface area contributed by atoms with Gasteiger partial charge in [0.2, 0.25) is 0 Å². The number of halogens is 1. The van der Waals surface area contributed by atoms with Gasteiger partial charge in [0.05, 0.1) is 27.4 Å². The fraction of sp³-hybridized carbons (Fsp3) is 0.350. The Balaban J connectivity index is 0.00000280. The number of ether oxygens (including phenoxy) is 4. The topological polar surface area (TPSA) is 73.3 Å². The van der Waals surface area contributed by atoms with Gasteiger partial charge >= 0.3 is 0 Å². The predicted molar refractivity (Wildman–Crippen MR) is 121 cm³/mol. The molecule has 2 aromatic carbocycles. The molecule has 0 saturated heterocycles. The Bertz CT molecular complexity index is 814. The first kappa shape index (κ1) is 21.9. The van der Waals surface area contributed by atoms with Crippen LogP contribution in [0.4, 0.5) is 5.69 Å². The van der Waals surface area contributed by atoms with Gasteiger partial charge in [0, 0.05) is 37.3 Å². The zero-order chi connectivity index (χ0) is 19.1. The summed E-state index contributed by atoms with van der Waals surface area (Å²) in [6, 6.07) is 11.5. The minimum absolute atomic E-state index is 0. The zero-order valence-corrected chi connectivity index (χ0v) is 18.6. The normalized spacial score (nSPS) is 13.0. The number of guanidine groups is 1. The van der Waals surface area contributed by atoms with E-state index in [-0.39, 0.29) is 24.0 Å². The van der Waals surface area contributed by atoms with Crippen LogP contribution in [0.5, 0.6) is 23.0 Å². The van der Waals surface area contributed by atoms with Gasteiger partial charge < -0.3 is 29.6 Å². The van der Waals surface area contributed by atoms with E-state index in [1.807, 2.05) is 36.4 Å². The van der Waals surface area contributed by atoms with Crippen LogP contribution in [-0.2, 0) is 6.54 Å². The van der Waals surface area contributed by atoms with Crippen LogP contribution in [0.25, 0.3) is 0 Å². The number of methoxy groups -OCH3 is 2. The zero-order valence-electron chi connectivity index (χ0n) is 16.3. The third kappa shape index (κ3) is 5.34. The van der Waals surface area contributed by atoms with Crippen LogP contribution >= 0.6 is 24.0 Å². The van der Waals surface area contributed by atoms with E-state index in [1.54, 1.807) is 21.3 Å². The van der Waals surface area contributed by atoms with Gasteiger partial charge in [-0.25, -0.2) is 0 Å². The Labute approximate surface area is 182 Å². The van der Waals surface area contributed by atoms with Crippen LogP contribution in [-0.4, -0.2) is 40.4 Å². The van der Waals surface area contributed by atoms with E-state index in [0.717, 1.165) is 29.2 Å². The minimum atomic E-state index is 0. The summed E-state index contributed by atoms with van der Waals surface area (Å²) in [5.41, 5.74) is 1.84. The smallest absolute Gasteiger partial charge is 0.195 e. The van der Waals surface area contributed by atoms with Crippen molar-refractivity contribution < 1.29 is 18.9 Å². The Morgan fingerprint density at radius 2 is 1.86 bits per heavy atom. The number of hydrogen-bond donors (Lipinski definition) is 2. The first-order valence-electron chi connectivity index (χ1n) is 8.82. The molecule has 0 spiro atoms. The van der Waals surface area contributed by atoms with Crippen molar-refractivity contribution in [3.8, 4) is 23.0 Å². The number of nitrogens with zero attached hydrogens (tertiary/aromatic N) is 1. The van der Waals surface area contributed by atoms with Crippen molar-refractivity contribution in [1.82, 2.24) is 5.32 Å². The van der Waals surface area contributed by atoms with Gasteiger partial charge in [0.25, 0.3) is 0 Å². The first-order chi connectivity index (χ1) is 13.2. The second-order valence-corrected chi connectivity index (χ2v) is 5.92. The number of nitrogens with one attached hydrogen (secondary N) is 2. The van der Waals surface area contributed by atoms with Crippen molar-refractivity contribution in [1.29, 1.82) is 0 Å². The summed E-state index contributed by atoms with van der Waals surface area (Å²) in [5, 5.41) is 6.55. The summed E-state index contributed by atoms with van der Waals surface area (Å²) >= 11 is 0. The summed E-state index contributed by atoms with van der Waals surface area (Å²) < 4.78 is 22.2. The SMILES string of the molecule is CN=C(NCc1cccc(OC)c1OC)Nc1ccc2c(c1)OCCCO2.I. The number of fused-ring (bicyclic) bond motifs is 1. The fourth-order valence-corrected chi connectivity index (χ4v) is 2.83. The number of rotatable bonds is 5. The van der Waals surface area contributed by atoms with Crippen LogP contribution in [0, 0.1) is 0 Å². The lowest BCUT2D eigenvalue weighted by atomic mass is 10.2. The largest absolute Gasteiger partial charge is 0.493 e. The van der Waals surface area contributed by atoms with E-state index in [1.165, 1.54) is 0 Å². The molecule has 0 bridgehead atoms. The molecule has 0 radical (unpaired) electrons. The molecule has 0 atom stereocenters. The highest BCUT2D eigenvalue weighted by atomic mass is 127. The molecule has 0 aromatic heterocycles. The second kappa shape index (κ2) is 10.8. The van der Waals surface area contributed by atoms with E-state index in [0.29, 0.717) is 37.2 Å². The van der Waals surface area contributed by atoms with E-state index < -0.39 is 0 Å². The van der Waals surface area contributed by atoms with Gasteiger partial charge in [-0.3, -0.25) is 4.99 Å². The summed E-state index contributed by atoms with van der Waals surface area (Å²) in [6.45, 7) is 1.86. The predicted octanol–water partition coefficient (Wildman–Crippen LogP) is 3.67. The standard InChI is InChI=1S/C20H25N3O4.HI/c1-21-20(22-13-14-6-4-7-17(24-2)19(14)25-3)23-15-8-9-16-18(12-15)27-11-5-10-26-16;/h4,6-9,12H,5,10-11,13H2,1-3H3,(H2,21,22,23);1H. The van der Waals surface area contributed by atoms with Crippen LogP contribution in [0.3, 0.4) is 0 Å². The molecule has 1 aliphatic rings. The van der Waals surface area contributed by atoms with Gasteiger partial charge in [0.15, 0.2) is 29.0 Å². The summed E-state index contributed by atoms with van der Waals surface area (Å²) in [4.78, 5) is 4.28. The third-order valence-corrected chi connectivity index (χ3v) is 4.16. The van der Waals surface area contributed by atoms with E-state index >= 15 is 0 Å². The van der Waals surface area contributed by atoms with Crippen molar-refractivity contribution in [2.24, 2.45) is 4.99 Å². The second-order valence-electron chi connectivity index (χ2n) is 5.92. The maximum absolute atomic E-state index is 5.73. The van der Waals surface area contributed by atoms with Gasteiger partial charge in [-0.15, -0.1) is 24.0 Å². The molecule has 7 nitrogen and oxygen atoms in total. The van der Waals surface area contributed by atoms with Crippen molar-refractivity contribution >= 4 is 35.6 Å². The van der Waals surface area contributed by atoms with Gasteiger partial charge in [-0.2, -0.15) is 0 Å². The fourth-order valence-electron chi connectivity index (χ4n) is 2.83. The molecule has 28 heavy (non-hydrogen) atoms. The molecule has 0 amide bonds. The molecular formula is C20H26IN3O4. The van der Waals surface area contributed by atoms with Crippen LogP contribution in [0.15, 0.2) is 41.4 Å². The first-order valence-corrected chi connectivity index (χ1v) is 8.82. The molecule has 0 saturated carbocycles. The molecule has 1 aliphatic heterocycles. The molecule has 152 valence electrons. The molecule has 2 N–H and O–H groups in total. The average Bonchev–Trinajstić information content (AvgIpc) is 2.95. The number of hydrogen-bond acceptors (Lipinski definition) is 5. The monoisotopic (exact) mass is 499 g/mol. The minimum Gasteiger partial charge on any atom is -0.493 e. The Morgan fingerprint density at radius 1 is 1.07 bits per heavy atom. The quantitative estimate of drug-likeness (QED) is 0.372. The highest BCUT2D eigenvalue weighted by molar-refractivity contribution is 14.0. The molecule has 8 heteroatoms.